The van der Waals surface area contributed by atoms with Crippen LogP contribution >= 0.6 is 11.8 Å². The van der Waals surface area contributed by atoms with Gasteiger partial charge in [-0.15, -0.1) is 11.8 Å². The van der Waals surface area contributed by atoms with Crippen LogP contribution in [0.25, 0.3) is 10.9 Å². The van der Waals surface area contributed by atoms with Crippen LogP contribution in [-0.2, 0) is 32.1 Å². The average Bonchev–Trinajstić information content (AvgIpc) is 3.56. The predicted octanol–water partition coefficient (Wildman–Crippen LogP) is 4.50. The topological polar surface area (TPSA) is 135 Å². The molecule has 0 unspecified atom stereocenters. The predicted molar refractivity (Wildman–Crippen MR) is 180 cm³/mol. The van der Waals surface area contributed by atoms with E-state index in [-0.39, 0.29) is 35.5 Å². The van der Waals surface area contributed by atoms with Gasteiger partial charge >= 0.3 is 0 Å². The van der Waals surface area contributed by atoms with Gasteiger partial charge in [0.15, 0.2) is 0 Å². The largest absolute Gasteiger partial charge is 0.508 e. The third-order valence-electron chi connectivity index (χ3n) is 9.91. The summed E-state index contributed by atoms with van der Waals surface area (Å²) in [6.45, 7) is 6.57. The first-order valence-corrected chi connectivity index (χ1v) is 18.2. The summed E-state index contributed by atoms with van der Waals surface area (Å²) in [5.74, 6) is 0.855. The summed E-state index contributed by atoms with van der Waals surface area (Å²) in [7, 11) is 0. The maximum Gasteiger partial charge on any atom is 0.253 e. The van der Waals surface area contributed by atoms with Gasteiger partial charge in [-0.1, -0.05) is 13.3 Å². The molecule has 250 valence electrons. The normalized spacial score (nSPS) is 20.4. The molecule has 5 rings (SSSR count). The maximum absolute atomic E-state index is 12.6. The quantitative estimate of drug-likeness (QED) is 0.119. The molecule has 4 amide bonds. The van der Waals surface area contributed by atoms with Gasteiger partial charge in [-0.25, -0.2) is 0 Å². The van der Waals surface area contributed by atoms with Crippen LogP contribution in [0.5, 0.6) is 5.75 Å². The lowest BCUT2D eigenvalue weighted by atomic mass is 9.81. The van der Waals surface area contributed by atoms with E-state index < -0.39 is 0 Å². The van der Waals surface area contributed by atoms with Crippen LogP contribution in [0.3, 0.4) is 0 Å². The van der Waals surface area contributed by atoms with Crippen molar-refractivity contribution in [3.05, 3.63) is 35.4 Å². The Bertz CT molecular complexity index is 1420. The molecule has 1 aliphatic carbocycles. The molecule has 1 aromatic heterocycles. The van der Waals surface area contributed by atoms with Gasteiger partial charge in [-0.3, -0.25) is 29.0 Å². The zero-order valence-corrected chi connectivity index (χ0v) is 28.1. The first kappa shape index (κ1) is 34.0. The Kier molecular flexibility index (Phi) is 11.8. The maximum atomic E-state index is 12.6. The number of amides is 4. The molecule has 1 saturated carbocycles. The van der Waals surface area contributed by atoms with Crippen molar-refractivity contribution in [2.45, 2.75) is 82.7 Å². The number of carbonyl (C=O) groups excluding carboxylic acids is 4. The van der Waals surface area contributed by atoms with Crippen LogP contribution in [0.1, 0.15) is 75.8 Å². The molecule has 1 aromatic carbocycles. The molecule has 4 N–H and O–H groups in total. The number of thioether (sulfide) groups is 1. The SMILES string of the molecule is CCc1c(SC)[nH]c2c(CN3CC(CCNC(=O)CCCCCNC(=O)C4CCC(CN5C(=O)C=CC5=O)CC4)C3)c(O)ccc12. The lowest BCUT2D eigenvalue weighted by molar-refractivity contribution is -0.138. The first-order valence-electron chi connectivity index (χ1n) is 17.0. The van der Waals surface area contributed by atoms with Crippen molar-refractivity contribution in [3.63, 3.8) is 0 Å². The van der Waals surface area contributed by atoms with Gasteiger partial charge in [0.1, 0.15) is 5.75 Å². The van der Waals surface area contributed by atoms with Gasteiger partial charge < -0.3 is 20.7 Å². The number of nitrogens with zero attached hydrogens (tertiary/aromatic N) is 2. The molecule has 0 spiro atoms. The second kappa shape index (κ2) is 16.0. The lowest BCUT2D eigenvalue weighted by Gasteiger charge is -2.39. The van der Waals surface area contributed by atoms with E-state index in [9.17, 15) is 24.3 Å². The van der Waals surface area contributed by atoms with Crippen LogP contribution in [0.4, 0.5) is 0 Å². The number of unbranched alkanes of at least 4 members (excludes halogenated alkanes) is 2. The molecular weight excluding hydrogens is 602 g/mol. The van der Waals surface area contributed by atoms with E-state index >= 15 is 0 Å². The van der Waals surface area contributed by atoms with Crippen molar-refractivity contribution in [1.29, 1.82) is 0 Å². The van der Waals surface area contributed by atoms with Crippen LogP contribution in [0, 0.1) is 17.8 Å². The summed E-state index contributed by atoms with van der Waals surface area (Å²) in [5, 5.41) is 19.1. The number of aromatic hydroxyl groups is 1. The number of hydrogen-bond donors (Lipinski definition) is 4. The minimum absolute atomic E-state index is 0.00409. The number of aromatic amines is 1. The highest BCUT2D eigenvalue weighted by atomic mass is 32.2. The zero-order valence-electron chi connectivity index (χ0n) is 27.2. The van der Waals surface area contributed by atoms with Crippen LogP contribution in [0.15, 0.2) is 29.3 Å². The number of hydrogen-bond acceptors (Lipinski definition) is 7. The number of phenolic OH excluding ortho intramolecular Hbond substituents is 1. The molecule has 10 nitrogen and oxygen atoms in total. The standard InChI is InChI=1S/C35H49N5O5S/c1-3-26-27-12-13-29(41)28(33(27)38-35(26)46-2)22-39-19-24(20-39)16-18-36-30(42)7-5-4-6-17-37-34(45)25-10-8-23(9-11-25)21-40-31(43)14-15-32(40)44/h12-15,23-25,38,41H,3-11,16-22H2,1-2H3,(H,36,42)(H,37,45). The van der Waals surface area contributed by atoms with Crippen molar-refractivity contribution in [3.8, 4) is 5.75 Å². The van der Waals surface area contributed by atoms with E-state index in [4.69, 9.17) is 0 Å². The van der Waals surface area contributed by atoms with Crippen molar-refractivity contribution >= 4 is 46.3 Å². The number of aryl methyl sites for hydroxylation is 1. The van der Waals surface area contributed by atoms with E-state index in [1.54, 1.807) is 11.8 Å². The van der Waals surface area contributed by atoms with E-state index in [0.717, 1.165) is 82.0 Å². The number of imide groups is 1. The van der Waals surface area contributed by atoms with Gasteiger partial charge in [-0.05, 0) is 87.2 Å². The number of nitrogens with one attached hydrogen (secondary N) is 3. The van der Waals surface area contributed by atoms with Crippen molar-refractivity contribution in [2.24, 2.45) is 17.8 Å². The van der Waals surface area contributed by atoms with E-state index in [1.807, 2.05) is 12.1 Å². The number of phenols is 1. The molecule has 0 radical (unpaired) electrons. The minimum Gasteiger partial charge on any atom is -0.508 e. The molecule has 46 heavy (non-hydrogen) atoms. The van der Waals surface area contributed by atoms with Crippen molar-refractivity contribution in [1.82, 2.24) is 25.4 Å². The summed E-state index contributed by atoms with van der Waals surface area (Å²) in [5.41, 5.74) is 3.32. The number of benzene rings is 1. The highest BCUT2D eigenvalue weighted by Gasteiger charge is 2.31. The Morgan fingerprint density at radius 3 is 2.39 bits per heavy atom. The molecule has 2 aromatic rings. The van der Waals surface area contributed by atoms with Gasteiger partial charge in [-0.2, -0.15) is 0 Å². The highest BCUT2D eigenvalue weighted by molar-refractivity contribution is 7.98. The molecule has 2 aliphatic heterocycles. The molecule has 2 fully saturated rings. The van der Waals surface area contributed by atoms with Gasteiger partial charge in [0.2, 0.25) is 11.8 Å². The molecule has 3 heterocycles. The first-order chi connectivity index (χ1) is 22.3. The zero-order chi connectivity index (χ0) is 32.6. The van der Waals surface area contributed by atoms with E-state index in [2.05, 4.69) is 33.7 Å². The molecule has 1 saturated heterocycles. The molecule has 0 atom stereocenters. The summed E-state index contributed by atoms with van der Waals surface area (Å²) in [6.07, 6.45) is 12.9. The molecule has 3 aliphatic rings. The minimum atomic E-state index is -0.237. The Morgan fingerprint density at radius 1 is 0.957 bits per heavy atom. The number of rotatable bonds is 16. The Morgan fingerprint density at radius 2 is 1.70 bits per heavy atom. The fourth-order valence-corrected chi connectivity index (χ4v) is 7.87. The van der Waals surface area contributed by atoms with E-state index in [1.165, 1.54) is 33.0 Å². The third-order valence-corrected chi connectivity index (χ3v) is 10.7. The highest BCUT2D eigenvalue weighted by Crippen LogP contribution is 2.36. The van der Waals surface area contributed by atoms with Gasteiger partial charge in [0.05, 0.1) is 10.5 Å². The molecule has 11 heteroatoms. The number of carbonyl (C=O) groups is 4. The van der Waals surface area contributed by atoms with Gasteiger partial charge in [0, 0.05) is 74.7 Å². The lowest BCUT2D eigenvalue weighted by Crippen LogP contribution is -2.47. The number of likely N-dealkylation sites (tertiary alicyclic amines) is 1. The summed E-state index contributed by atoms with van der Waals surface area (Å²) < 4.78 is 0. The summed E-state index contributed by atoms with van der Waals surface area (Å²) >= 11 is 1.71. The van der Waals surface area contributed by atoms with Crippen molar-refractivity contribution in [2.75, 3.05) is 39.0 Å². The molecular formula is C35H49N5O5S. The van der Waals surface area contributed by atoms with E-state index in [0.29, 0.717) is 44.3 Å². The Labute approximate surface area is 276 Å². The number of aromatic nitrogens is 1. The fourth-order valence-electron chi connectivity index (χ4n) is 7.16. The monoisotopic (exact) mass is 651 g/mol. The van der Waals surface area contributed by atoms with Crippen LogP contribution in [0.2, 0.25) is 0 Å². The number of fused-ring (bicyclic) bond motifs is 1. The smallest absolute Gasteiger partial charge is 0.253 e. The fraction of sp³-hybridized carbons (Fsp3) is 0.600. The Hall–Kier alpha value is -3.31. The van der Waals surface area contributed by atoms with Gasteiger partial charge in [0.25, 0.3) is 11.8 Å². The number of H-pyrrole nitrogens is 1. The summed E-state index contributed by atoms with van der Waals surface area (Å²) in [6, 6.07) is 3.83. The van der Waals surface area contributed by atoms with Crippen molar-refractivity contribution < 1.29 is 24.3 Å². The third kappa shape index (κ3) is 8.34. The van der Waals surface area contributed by atoms with Crippen LogP contribution < -0.4 is 10.6 Å². The molecule has 0 bridgehead atoms. The Balaban J connectivity index is 0.884. The van der Waals surface area contributed by atoms with Crippen LogP contribution in [-0.4, -0.2) is 82.5 Å². The summed E-state index contributed by atoms with van der Waals surface area (Å²) in [4.78, 5) is 55.7. The second-order valence-electron chi connectivity index (χ2n) is 13.1. The average molecular weight is 652 g/mol. The second-order valence-corrected chi connectivity index (χ2v) is 13.9.